The van der Waals surface area contributed by atoms with Crippen molar-refractivity contribution in [2.75, 3.05) is 38.2 Å². The molecule has 1 aromatic rings. The number of carbonyl (C=O) groups is 2. The Bertz CT molecular complexity index is 854. The molecule has 0 unspecified atom stereocenters. The summed E-state index contributed by atoms with van der Waals surface area (Å²) in [6.45, 7) is 5.07. The zero-order valence-electron chi connectivity index (χ0n) is 19.1. The molecule has 3 atom stereocenters. The van der Waals surface area contributed by atoms with Crippen molar-refractivity contribution >= 4 is 23.5 Å². The van der Waals surface area contributed by atoms with Gasteiger partial charge in [0.05, 0.1) is 31.0 Å². The van der Waals surface area contributed by atoms with Crippen LogP contribution in [0.15, 0.2) is 12.1 Å². The van der Waals surface area contributed by atoms with E-state index in [1.54, 1.807) is 4.90 Å². The molecule has 2 heterocycles. The molecule has 0 spiro atoms. The van der Waals surface area contributed by atoms with Gasteiger partial charge in [0.25, 0.3) is 5.91 Å². The van der Waals surface area contributed by atoms with Crippen LogP contribution in [0.2, 0.25) is 0 Å². The highest BCUT2D eigenvalue weighted by atomic mass is 16.5. The standard InChI is InChI=1S/C22H34N6O5.CH4/c1-13-4-7-17(20(27-13)24-8-3-9-25-22(31)32)19(23)14(2)28(16-5-6-16)21(30)18-10-26-15(11-29)12-33-18;/h4,7,14-16,18,23,25-26,29H,3,5-6,8-12H2,1-2H3,(H,24,27)(H,31,32);1H4/t14-,15+,18-;/m1./s1. The second kappa shape index (κ2) is 12.6. The summed E-state index contributed by atoms with van der Waals surface area (Å²) in [6.07, 6.45) is 0.665. The third-order valence-corrected chi connectivity index (χ3v) is 5.86. The van der Waals surface area contributed by atoms with E-state index in [-0.39, 0.29) is 44.3 Å². The molecular weight excluding hydrogens is 440 g/mol. The molecule has 190 valence electrons. The first-order valence-corrected chi connectivity index (χ1v) is 11.4. The second-order valence-corrected chi connectivity index (χ2v) is 8.54. The fourth-order valence-corrected chi connectivity index (χ4v) is 3.87. The van der Waals surface area contributed by atoms with Crippen molar-refractivity contribution < 1.29 is 24.5 Å². The average molecular weight is 479 g/mol. The largest absolute Gasteiger partial charge is 0.465 e. The first-order valence-electron chi connectivity index (χ1n) is 11.4. The van der Waals surface area contributed by atoms with Gasteiger partial charge in [0.2, 0.25) is 0 Å². The Morgan fingerprint density at radius 3 is 2.68 bits per heavy atom. The van der Waals surface area contributed by atoms with Gasteiger partial charge in [-0.25, -0.2) is 9.78 Å². The third-order valence-electron chi connectivity index (χ3n) is 5.86. The van der Waals surface area contributed by atoms with Crippen LogP contribution in [-0.2, 0) is 9.53 Å². The molecule has 2 aliphatic rings. The van der Waals surface area contributed by atoms with Crippen molar-refractivity contribution in [1.29, 1.82) is 5.41 Å². The number of aliphatic hydroxyl groups is 1. The molecule has 3 rings (SSSR count). The van der Waals surface area contributed by atoms with Crippen LogP contribution in [0.25, 0.3) is 0 Å². The number of aliphatic hydroxyl groups excluding tert-OH is 1. The molecule has 1 saturated carbocycles. The van der Waals surface area contributed by atoms with E-state index < -0.39 is 18.2 Å². The van der Waals surface area contributed by atoms with Crippen LogP contribution < -0.4 is 16.0 Å². The zero-order chi connectivity index (χ0) is 24.0. The second-order valence-electron chi connectivity index (χ2n) is 8.54. The van der Waals surface area contributed by atoms with E-state index in [0.29, 0.717) is 37.4 Å². The van der Waals surface area contributed by atoms with Gasteiger partial charge < -0.3 is 41.2 Å². The summed E-state index contributed by atoms with van der Waals surface area (Å²) in [6, 6.07) is 3.11. The van der Waals surface area contributed by atoms with Crippen LogP contribution in [-0.4, -0.2) is 94.9 Å². The maximum atomic E-state index is 13.3. The quantitative estimate of drug-likeness (QED) is 0.204. The lowest BCUT2D eigenvalue weighted by atomic mass is 10.0. The van der Waals surface area contributed by atoms with Crippen LogP contribution in [0, 0.1) is 12.3 Å². The minimum absolute atomic E-state index is 0. The van der Waals surface area contributed by atoms with Crippen LogP contribution in [0.5, 0.6) is 0 Å². The number of rotatable bonds is 11. The fourth-order valence-electron chi connectivity index (χ4n) is 3.87. The molecule has 11 heteroatoms. The minimum atomic E-state index is -1.06. The van der Waals surface area contributed by atoms with Gasteiger partial charge in [-0.15, -0.1) is 0 Å². The first-order chi connectivity index (χ1) is 15.8. The van der Waals surface area contributed by atoms with Crippen molar-refractivity contribution in [2.45, 2.75) is 64.8 Å². The van der Waals surface area contributed by atoms with Crippen molar-refractivity contribution in [3.05, 3.63) is 23.4 Å². The Kier molecular flexibility index (Phi) is 10.2. The average Bonchev–Trinajstić information content (AvgIpc) is 3.63. The predicted molar refractivity (Wildman–Crippen MR) is 130 cm³/mol. The van der Waals surface area contributed by atoms with Gasteiger partial charge in [0.1, 0.15) is 11.9 Å². The summed E-state index contributed by atoms with van der Waals surface area (Å²) < 4.78 is 5.71. The zero-order valence-corrected chi connectivity index (χ0v) is 19.1. The van der Waals surface area contributed by atoms with E-state index in [4.69, 9.17) is 15.3 Å². The number of amides is 2. The molecule has 1 saturated heterocycles. The molecule has 1 aliphatic carbocycles. The van der Waals surface area contributed by atoms with Gasteiger partial charge in [-0.05, 0) is 45.2 Å². The molecule has 0 aromatic carbocycles. The SMILES string of the molecule is C.Cc1ccc(C(=N)[C@@H](C)N(C(=O)[C@H]2CN[C@@H](CO)CO2)C2CC2)c(NCCCNC(=O)O)n1. The number of hydrogen-bond donors (Lipinski definition) is 6. The Morgan fingerprint density at radius 1 is 1.35 bits per heavy atom. The van der Waals surface area contributed by atoms with Crippen molar-refractivity contribution in [2.24, 2.45) is 0 Å². The summed E-state index contributed by atoms with van der Waals surface area (Å²) in [4.78, 5) is 30.2. The lowest BCUT2D eigenvalue weighted by molar-refractivity contribution is -0.148. The normalized spacial score (nSPS) is 20.6. The number of nitrogens with zero attached hydrogens (tertiary/aromatic N) is 2. The molecule has 6 N–H and O–H groups in total. The van der Waals surface area contributed by atoms with Crippen LogP contribution >= 0.6 is 0 Å². The number of aromatic nitrogens is 1. The first kappa shape index (κ1) is 27.5. The molecule has 34 heavy (non-hydrogen) atoms. The smallest absolute Gasteiger partial charge is 0.404 e. The molecule has 2 amide bonds. The number of pyridine rings is 1. The number of morpholine rings is 1. The number of anilines is 1. The molecule has 11 nitrogen and oxygen atoms in total. The highest BCUT2D eigenvalue weighted by Crippen LogP contribution is 2.31. The summed E-state index contributed by atoms with van der Waals surface area (Å²) >= 11 is 0. The van der Waals surface area contributed by atoms with Gasteiger partial charge in [0.15, 0.2) is 0 Å². The predicted octanol–water partition coefficient (Wildman–Crippen LogP) is 1.19. The van der Waals surface area contributed by atoms with Crippen molar-refractivity contribution in [3.8, 4) is 0 Å². The Balaban J connectivity index is 0.00000408. The van der Waals surface area contributed by atoms with E-state index in [1.807, 2.05) is 26.0 Å². The van der Waals surface area contributed by atoms with E-state index in [9.17, 15) is 14.7 Å². The summed E-state index contributed by atoms with van der Waals surface area (Å²) in [5, 5.41) is 35.5. The Morgan fingerprint density at radius 2 is 2.09 bits per heavy atom. The van der Waals surface area contributed by atoms with Gasteiger partial charge in [-0.3, -0.25) is 4.79 Å². The maximum absolute atomic E-state index is 13.3. The summed E-state index contributed by atoms with van der Waals surface area (Å²) in [5.41, 5.74) is 1.69. The van der Waals surface area contributed by atoms with E-state index in [0.717, 1.165) is 18.5 Å². The number of ether oxygens (including phenoxy) is 1. The number of hydrogen-bond acceptors (Lipinski definition) is 8. The number of carbonyl (C=O) groups excluding carboxylic acids is 1. The number of carboxylic acid groups (broad SMARTS) is 1. The number of aryl methyl sites for hydroxylation is 1. The fraction of sp³-hybridized carbons (Fsp3) is 0.652. The van der Waals surface area contributed by atoms with E-state index >= 15 is 0 Å². The molecule has 0 radical (unpaired) electrons. The molecule has 1 aromatic heterocycles. The number of nitrogens with one attached hydrogen (secondary N) is 4. The molecule has 1 aliphatic heterocycles. The van der Waals surface area contributed by atoms with Crippen molar-refractivity contribution in [3.63, 3.8) is 0 Å². The molecular formula is C23H38N6O5. The monoisotopic (exact) mass is 478 g/mol. The summed E-state index contributed by atoms with van der Waals surface area (Å²) in [7, 11) is 0. The summed E-state index contributed by atoms with van der Waals surface area (Å²) in [5.74, 6) is 0.403. The van der Waals surface area contributed by atoms with Crippen LogP contribution in [0.4, 0.5) is 10.6 Å². The van der Waals surface area contributed by atoms with E-state index in [1.165, 1.54) is 0 Å². The highest BCUT2D eigenvalue weighted by molar-refractivity contribution is 6.07. The van der Waals surface area contributed by atoms with E-state index in [2.05, 4.69) is 20.9 Å². The molecule has 0 bridgehead atoms. The Labute approximate surface area is 200 Å². The van der Waals surface area contributed by atoms with Gasteiger partial charge in [-0.1, -0.05) is 7.43 Å². The lowest BCUT2D eigenvalue weighted by Gasteiger charge is -2.36. The minimum Gasteiger partial charge on any atom is -0.465 e. The van der Waals surface area contributed by atoms with Gasteiger partial charge in [0, 0.05) is 36.9 Å². The lowest BCUT2D eigenvalue weighted by Crippen LogP contribution is -2.57. The highest BCUT2D eigenvalue weighted by Gasteiger charge is 2.41. The maximum Gasteiger partial charge on any atom is 0.404 e. The Hall–Kier alpha value is -2.76. The van der Waals surface area contributed by atoms with Crippen LogP contribution in [0.3, 0.4) is 0 Å². The van der Waals surface area contributed by atoms with Crippen LogP contribution in [0.1, 0.15) is 44.9 Å². The topological polar surface area (TPSA) is 160 Å². The van der Waals surface area contributed by atoms with Crippen molar-refractivity contribution in [1.82, 2.24) is 20.5 Å². The van der Waals surface area contributed by atoms with Gasteiger partial charge >= 0.3 is 6.09 Å². The molecule has 2 fully saturated rings. The van der Waals surface area contributed by atoms with Gasteiger partial charge in [-0.2, -0.15) is 0 Å². The third kappa shape index (κ3) is 7.12.